The van der Waals surface area contributed by atoms with E-state index in [1.807, 2.05) is 18.2 Å². The highest BCUT2D eigenvalue weighted by atomic mass is 16.5. The van der Waals surface area contributed by atoms with E-state index in [-0.39, 0.29) is 24.3 Å². The van der Waals surface area contributed by atoms with E-state index < -0.39 is 0 Å². The second kappa shape index (κ2) is 7.49. The van der Waals surface area contributed by atoms with Gasteiger partial charge in [0.2, 0.25) is 11.8 Å². The van der Waals surface area contributed by atoms with Gasteiger partial charge in [0.25, 0.3) is 0 Å². The van der Waals surface area contributed by atoms with Crippen LogP contribution in [0.4, 0.5) is 11.4 Å². The number of rotatable bonds is 6. The van der Waals surface area contributed by atoms with Gasteiger partial charge in [0.05, 0.1) is 0 Å². The highest BCUT2D eigenvalue weighted by Crippen LogP contribution is 2.48. The molecule has 0 saturated heterocycles. The maximum Gasteiger partial charge on any atom is 0.250 e. The molecule has 2 aromatic rings. The van der Waals surface area contributed by atoms with E-state index in [2.05, 4.69) is 29.7 Å². The fraction of sp³-hybridized carbons (Fsp3) is 0.300. The fourth-order valence-corrected chi connectivity index (χ4v) is 3.07. The van der Waals surface area contributed by atoms with Crippen LogP contribution in [0.3, 0.4) is 0 Å². The summed E-state index contributed by atoms with van der Waals surface area (Å²) >= 11 is 0. The largest absolute Gasteiger partial charge is 0.375 e. The number of methoxy groups -OCH3 is 1. The molecule has 0 bridgehead atoms. The average Bonchev–Trinajstić information content (AvgIpc) is 3.36. The van der Waals surface area contributed by atoms with Crippen LogP contribution in [0.25, 0.3) is 0 Å². The molecule has 5 nitrogen and oxygen atoms in total. The zero-order valence-corrected chi connectivity index (χ0v) is 14.4. The summed E-state index contributed by atoms with van der Waals surface area (Å²) in [7, 11) is 1.47. The van der Waals surface area contributed by atoms with E-state index in [1.54, 1.807) is 18.2 Å². The van der Waals surface area contributed by atoms with Crippen LogP contribution in [0.15, 0.2) is 48.5 Å². The third kappa shape index (κ3) is 4.25. The first-order valence-electron chi connectivity index (χ1n) is 8.33. The van der Waals surface area contributed by atoms with Gasteiger partial charge in [-0.15, -0.1) is 0 Å². The van der Waals surface area contributed by atoms with Gasteiger partial charge in [-0.25, -0.2) is 0 Å². The number of amides is 2. The second-order valence-corrected chi connectivity index (χ2v) is 6.36. The van der Waals surface area contributed by atoms with Crippen LogP contribution < -0.4 is 10.6 Å². The van der Waals surface area contributed by atoms with Gasteiger partial charge in [-0.1, -0.05) is 30.3 Å². The Morgan fingerprint density at radius 1 is 1.08 bits per heavy atom. The van der Waals surface area contributed by atoms with Gasteiger partial charge < -0.3 is 15.4 Å². The van der Waals surface area contributed by atoms with Gasteiger partial charge in [0.15, 0.2) is 0 Å². The minimum absolute atomic E-state index is 0.00321. The maximum atomic E-state index is 12.5. The molecule has 25 heavy (non-hydrogen) atoms. The Morgan fingerprint density at radius 2 is 1.80 bits per heavy atom. The molecule has 2 atom stereocenters. The molecule has 0 heterocycles. The standard InChI is InChI=1S/C20H22N2O3/c1-13-6-3-4-9-16(13)17-11-18(17)20(24)22-15-8-5-7-14(10-15)21-19(23)12-25-2/h3-10,17-18H,11-12H2,1-2H3,(H,21,23)(H,22,24)/t17-,18-/m0/s1. The Labute approximate surface area is 147 Å². The van der Waals surface area contributed by atoms with Crippen LogP contribution in [0.1, 0.15) is 23.5 Å². The molecule has 2 amide bonds. The molecule has 3 rings (SSSR count). The predicted octanol–water partition coefficient (Wildman–Crippen LogP) is 3.32. The maximum absolute atomic E-state index is 12.5. The first-order valence-corrected chi connectivity index (χ1v) is 8.33. The number of ether oxygens (including phenoxy) is 1. The van der Waals surface area contributed by atoms with Crippen molar-refractivity contribution in [3.63, 3.8) is 0 Å². The number of carbonyl (C=O) groups is 2. The molecule has 2 N–H and O–H groups in total. The molecule has 0 aromatic heterocycles. The smallest absolute Gasteiger partial charge is 0.250 e. The monoisotopic (exact) mass is 338 g/mol. The molecular formula is C20H22N2O3. The van der Waals surface area contributed by atoms with Crippen molar-refractivity contribution in [1.82, 2.24) is 0 Å². The number of aryl methyl sites for hydroxylation is 1. The summed E-state index contributed by atoms with van der Waals surface area (Å²) in [5.74, 6) is 0.0973. The normalized spacial score (nSPS) is 18.5. The fourth-order valence-electron chi connectivity index (χ4n) is 3.07. The minimum Gasteiger partial charge on any atom is -0.375 e. The van der Waals surface area contributed by atoms with Gasteiger partial charge in [0.1, 0.15) is 6.61 Å². The van der Waals surface area contributed by atoms with Crippen LogP contribution in [0, 0.1) is 12.8 Å². The van der Waals surface area contributed by atoms with E-state index in [1.165, 1.54) is 18.2 Å². The lowest BCUT2D eigenvalue weighted by molar-refractivity contribution is -0.119. The lowest BCUT2D eigenvalue weighted by Crippen LogP contribution is -2.18. The Morgan fingerprint density at radius 3 is 2.52 bits per heavy atom. The second-order valence-electron chi connectivity index (χ2n) is 6.36. The lowest BCUT2D eigenvalue weighted by atomic mass is 10.0. The molecule has 1 saturated carbocycles. The molecule has 5 heteroatoms. The SMILES string of the molecule is COCC(=O)Nc1cccc(NC(=O)[C@H]2C[C@H]2c2ccccc2C)c1. The summed E-state index contributed by atoms with van der Waals surface area (Å²) in [6.07, 6.45) is 0.876. The average molecular weight is 338 g/mol. The highest BCUT2D eigenvalue weighted by molar-refractivity contribution is 5.97. The van der Waals surface area contributed by atoms with Crippen molar-refractivity contribution in [2.75, 3.05) is 24.4 Å². The third-order valence-corrected chi connectivity index (χ3v) is 4.40. The van der Waals surface area contributed by atoms with E-state index in [0.717, 1.165) is 6.42 Å². The molecule has 0 radical (unpaired) electrons. The quantitative estimate of drug-likeness (QED) is 0.849. The van der Waals surface area contributed by atoms with Crippen molar-refractivity contribution in [3.05, 3.63) is 59.7 Å². The molecule has 1 aliphatic rings. The first-order chi connectivity index (χ1) is 12.1. The Balaban J connectivity index is 1.61. The topological polar surface area (TPSA) is 67.4 Å². The zero-order valence-electron chi connectivity index (χ0n) is 14.4. The molecule has 0 unspecified atom stereocenters. The van der Waals surface area contributed by atoms with E-state index in [4.69, 9.17) is 4.74 Å². The molecular weight excluding hydrogens is 316 g/mol. The lowest BCUT2D eigenvalue weighted by Gasteiger charge is -2.09. The van der Waals surface area contributed by atoms with Crippen LogP contribution in [0.5, 0.6) is 0 Å². The van der Waals surface area contributed by atoms with Gasteiger partial charge >= 0.3 is 0 Å². The van der Waals surface area contributed by atoms with E-state index >= 15 is 0 Å². The zero-order chi connectivity index (χ0) is 17.8. The van der Waals surface area contributed by atoms with Gasteiger partial charge in [0, 0.05) is 24.4 Å². The number of hydrogen-bond acceptors (Lipinski definition) is 3. The third-order valence-electron chi connectivity index (χ3n) is 4.40. The van der Waals surface area contributed by atoms with Crippen molar-refractivity contribution in [2.45, 2.75) is 19.3 Å². The summed E-state index contributed by atoms with van der Waals surface area (Å²) in [4.78, 5) is 24.1. The first kappa shape index (κ1) is 17.2. The van der Waals surface area contributed by atoms with E-state index in [0.29, 0.717) is 17.3 Å². The van der Waals surface area contributed by atoms with Crippen LogP contribution in [0.2, 0.25) is 0 Å². The minimum atomic E-state index is -0.229. The Kier molecular flexibility index (Phi) is 5.14. The molecule has 0 spiro atoms. The summed E-state index contributed by atoms with van der Waals surface area (Å²) in [6, 6.07) is 15.3. The van der Waals surface area contributed by atoms with Gasteiger partial charge in [-0.05, 0) is 48.6 Å². The van der Waals surface area contributed by atoms with Crippen molar-refractivity contribution >= 4 is 23.2 Å². The number of nitrogens with one attached hydrogen (secondary N) is 2. The Bertz CT molecular complexity index is 788. The summed E-state index contributed by atoms with van der Waals surface area (Å²) in [5.41, 5.74) is 3.79. The molecule has 1 aliphatic carbocycles. The number of benzene rings is 2. The van der Waals surface area contributed by atoms with Crippen LogP contribution in [-0.4, -0.2) is 25.5 Å². The number of carbonyl (C=O) groups excluding carboxylic acids is 2. The van der Waals surface area contributed by atoms with E-state index in [9.17, 15) is 9.59 Å². The van der Waals surface area contributed by atoms with Crippen LogP contribution in [-0.2, 0) is 14.3 Å². The molecule has 0 aliphatic heterocycles. The summed E-state index contributed by atoms with van der Waals surface area (Å²) in [6.45, 7) is 2.07. The number of anilines is 2. The molecule has 1 fully saturated rings. The van der Waals surface area contributed by atoms with Gasteiger partial charge in [-0.2, -0.15) is 0 Å². The predicted molar refractivity (Wildman–Crippen MR) is 97.6 cm³/mol. The van der Waals surface area contributed by atoms with Crippen molar-refractivity contribution < 1.29 is 14.3 Å². The Hall–Kier alpha value is -2.66. The summed E-state index contributed by atoms with van der Waals surface area (Å²) in [5, 5.41) is 5.68. The molecule has 2 aromatic carbocycles. The van der Waals surface area contributed by atoms with Crippen molar-refractivity contribution in [1.29, 1.82) is 0 Å². The van der Waals surface area contributed by atoms with Crippen LogP contribution >= 0.6 is 0 Å². The van der Waals surface area contributed by atoms with Crippen molar-refractivity contribution in [2.24, 2.45) is 5.92 Å². The highest BCUT2D eigenvalue weighted by Gasteiger charge is 2.44. The van der Waals surface area contributed by atoms with Gasteiger partial charge in [-0.3, -0.25) is 9.59 Å². The van der Waals surface area contributed by atoms with Crippen molar-refractivity contribution in [3.8, 4) is 0 Å². The number of hydrogen-bond donors (Lipinski definition) is 2. The summed E-state index contributed by atoms with van der Waals surface area (Å²) < 4.78 is 4.79. The molecule has 130 valence electrons.